The molecule has 0 saturated heterocycles. The van der Waals surface area contributed by atoms with E-state index in [1.165, 1.54) is 130 Å². The normalized spacial score (nSPS) is 12.8. The minimum atomic E-state index is -0.791. The molecule has 79 heavy (non-hydrogen) atoms. The molecule has 0 aromatic carbocycles. The lowest BCUT2D eigenvalue weighted by Gasteiger charge is -2.34. The quantitative estimate of drug-likeness (QED) is 0.0317. The molecule has 3 atom stereocenters. The van der Waals surface area contributed by atoms with Crippen LogP contribution in [0.5, 0.6) is 0 Å². The molecule has 0 spiro atoms. The van der Waals surface area contributed by atoms with E-state index in [2.05, 4.69) is 36.7 Å². The minimum Gasteiger partial charge on any atom is -0.387 e. The molecule has 0 saturated carbocycles. The summed E-state index contributed by atoms with van der Waals surface area (Å²) in [4.78, 5) is 88.2. The second-order valence-corrected chi connectivity index (χ2v) is 23.6. The minimum absolute atomic E-state index is 0.196. The van der Waals surface area contributed by atoms with Gasteiger partial charge in [-0.2, -0.15) is 0 Å². The zero-order chi connectivity index (χ0) is 59.1. The Labute approximate surface area is 482 Å². The molecule has 0 aliphatic carbocycles. The zero-order valence-electron chi connectivity index (χ0n) is 52.2. The van der Waals surface area contributed by atoms with Gasteiger partial charge in [-0.1, -0.05) is 236 Å². The van der Waals surface area contributed by atoms with Gasteiger partial charge in [0.2, 0.25) is 35.4 Å². The smallest absolute Gasteiger partial charge is 0.248 e. The van der Waals surface area contributed by atoms with Crippen molar-refractivity contribution >= 4 is 35.4 Å². The monoisotopic (exact) mass is 1120 g/mol. The van der Waals surface area contributed by atoms with Crippen LogP contribution in [0.3, 0.4) is 0 Å². The maximum atomic E-state index is 14.0. The summed E-state index contributed by atoms with van der Waals surface area (Å²) in [6.45, 7) is 18.6. The molecule has 0 aromatic heterocycles. The van der Waals surface area contributed by atoms with Crippen LogP contribution in [0.2, 0.25) is 0 Å². The maximum absolute atomic E-state index is 14.0. The standard InChI is InChI=1S/C63H123N7O9/c1-10-13-16-19-22-25-28-31-34-37-43-68(55(74)49-71)58(52(4)5)61(77)64-40-46-67(47-41-65-62(78)59(53(6)7)69(56(75)50-72)44-38-35-32-29-26-23-20-17-14-11-2)48-42-66-63(79)60(54(8)9)70(57(76)51-73)45-39-36-33-30-27-24-21-18-15-12-3/h52-54,58-60,71-73H,10-51H2,1-9H3,(H,64,77)(H,65,78)(H,66,79). The first-order valence-corrected chi connectivity index (χ1v) is 32.3. The summed E-state index contributed by atoms with van der Waals surface area (Å²) in [5.41, 5.74) is 0. The molecule has 0 fully saturated rings. The summed E-state index contributed by atoms with van der Waals surface area (Å²) in [5.74, 6) is -3.10. The van der Waals surface area contributed by atoms with E-state index in [1.54, 1.807) is 0 Å². The number of amides is 6. The number of carbonyl (C=O) groups excluding carboxylic acids is 6. The summed E-state index contributed by atoms with van der Waals surface area (Å²) in [6.07, 6.45) is 34.0. The molecule has 0 rings (SSSR count). The van der Waals surface area contributed by atoms with Crippen molar-refractivity contribution in [2.75, 3.05) is 78.7 Å². The highest BCUT2D eigenvalue weighted by molar-refractivity contribution is 5.89. The van der Waals surface area contributed by atoms with E-state index < -0.39 is 55.7 Å². The van der Waals surface area contributed by atoms with Crippen molar-refractivity contribution in [3.8, 4) is 0 Å². The Morgan fingerprint density at radius 2 is 0.494 bits per heavy atom. The Bertz CT molecular complexity index is 1380. The Kier molecular flexibility index (Phi) is 48.3. The van der Waals surface area contributed by atoms with Gasteiger partial charge in [0.25, 0.3) is 0 Å². The van der Waals surface area contributed by atoms with Gasteiger partial charge in [0, 0.05) is 58.9 Å². The van der Waals surface area contributed by atoms with Crippen LogP contribution in [0.15, 0.2) is 0 Å². The van der Waals surface area contributed by atoms with Crippen molar-refractivity contribution in [1.82, 2.24) is 35.6 Å². The predicted molar refractivity (Wildman–Crippen MR) is 323 cm³/mol. The third kappa shape index (κ3) is 36.0. The van der Waals surface area contributed by atoms with Crippen molar-refractivity contribution in [2.45, 2.75) is 273 Å². The summed E-state index contributed by atoms with van der Waals surface area (Å²) < 4.78 is 0. The molecule has 6 N–H and O–H groups in total. The van der Waals surface area contributed by atoms with Crippen molar-refractivity contribution in [2.24, 2.45) is 17.8 Å². The van der Waals surface area contributed by atoms with E-state index in [0.717, 1.165) is 77.0 Å². The lowest BCUT2D eigenvalue weighted by molar-refractivity contribution is -0.144. The van der Waals surface area contributed by atoms with Gasteiger partial charge in [-0.15, -0.1) is 0 Å². The number of carbonyl (C=O) groups is 6. The third-order valence-corrected chi connectivity index (χ3v) is 15.5. The Hall–Kier alpha value is -3.34. The van der Waals surface area contributed by atoms with E-state index in [-0.39, 0.29) is 55.1 Å². The number of nitrogens with zero attached hydrogens (tertiary/aromatic N) is 4. The topological polar surface area (TPSA) is 212 Å². The van der Waals surface area contributed by atoms with Crippen molar-refractivity contribution < 1.29 is 44.1 Å². The first-order valence-electron chi connectivity index (χ1n) is 32.3. The fourth-order valence-corrected chi connectivity index (χ4v) is 10.9. The molecule has 16 nitrogen and oxygen atoms in total. The average molecular weight is 1120 g/mol. The van der Waals surface area contributed by atoms with Gasteiger partial charge < -0.3 is 46.0 Å². The SMILES string of the molecule is CCCCCCCCCCCCN(C(=O)CO)C(C(=O)NCCN(CCNC(=O)C(C(C)C)N(CCCCCCCCCCCC)C(=O)CO)CCNC(=O)C(C(C)C)N(CCCCCCCCCCCC)C(=O)CO)C(C)C. The summed E-state index contributed by atoms with van der Waals surface area (Å²) in [7, 11) is 0. The van der Waals surface area contributed by atoms with Gasteiger partial charge in [-0.05, 0) is 37.0 Å². The second kappa shape index (κ2) is 50.4. The van der Waals surface area contributed by atoms with E-state index >= 15 is 0 Å². The first kappa shape index (κ1) is 75.7. The highest BCUT2D eigenvalue weighted by Crippen LogP contribution is 2.19. The molecule has 0 aromatic rings. The molecule has 464 valence electrons. The van der Waals surface area contributed by atoms with Crippen LogP contribution in [0, 0.1) is 17.8 Å². The van der Waals surface area contributed by atoms with Crippen molar-refractivity contribution in [3.05, 3.63) is 0 Å². The van der Waals surface area contributed by atoms with Crippen LogP contribution < -0.4 is 16.0 Å². The number of aliphatic hydroxyl groups excluding tert-OH is 3. The maximum Gasteiger partial charge on any atom is 0.248 e. The highest BCUT2D eigenvalue weighted by Gasteiger charge is 2.34. The molecule has 0 bridgehead atoms. The zero-order valence-corrected chi connectivity index (χ0v) is 52.2. The Morgan fingerprint density at radius 1 is 0.304 bits per heavy atom. The fourth-order valence-electron chi connectivity index (χ4n) is 10.9. The summed E-state index contributed by atoms with van der Waals surface area (Å²) in [5, 5.41) is 39.1. The van der Waals surface area contributed by atoms with Crippen molar-refractivity contribution in [1.29, 1.82) is 0 Å². The lowest BCUT2D eigenvalue weighted by atomic mass is 10.00. The molecule has 0 radical (unpaired) electrons. The third-order valence-electron chi connectivity index (χ3n) is 15.5. The number of hydrogen-bond acceptors (Lipinski definition) is 10. The van der Waals surface area contributed by atoms with Crippen LogP contribution in [0.4, 0.5) is 0 Å². The lowest BCUT2D eigenvalue weighted by Crippen LogP contribution is -2.55. The van der Waals surface area contributed by atoms with Crippen LogP contribution in [0.25, 0.3) is 0 Å². The first-order chi connectivity index (χ1) is 38.1. The van der Waals surface area contributed by atoms with Gasteiger partial charge in [-0.3, -0.25) is 33.7 Å². The summed E-state index contributed by atoms with van der Waals surface area (Å²) in [6, 6.07) is -2.37. The van der Waals surface area contributed by atoms with Gasteiger partial charge >= 0.3 is 0 Å². The Morgan fingerprint density at radius 3 is 0.671 bits per heavy atom. The van der Waals surface area contributed by atoms with Crippen LogP contribution >= 0.6 is 0 Å². The molecule has 0 aliphatic rings. The molecule has 16 heteroatoms. The molecule has 6 amide bonds. The average Bonchev–Trinajstić information content (AvgIpc) is 3.43. The molecule has 0 aliphatic heterocycles. The van der Waals surface area contributed by atoms with Gasteiger partial charge in [0.1, 0.15) is 37.9 Å². The van der Waals surface area contributed by atoms with E-state index in [4.69, 9.17) is 0 Å². The Balaban J connectivity index is 6.14. The molecular formula is C63H123N7O9. The number of aliphatic hydroxyl groups is 3. The van der Waals surface area contributed by atoms with Gasteiger partial charge in [-0.25, -0.2) is 0 Å². The molecule has 3 unspecified atom stereocenters. The molecule has 0 heterocycles. The van der Waals surface area contributed by atoms with Gasteiger partial charge in [0.15, 0.2) is 0 Å². The predicted octanol–water partition coefficient (Wildman–Crippen LogP) is 9.94. The number of unbranched alkanes of at least 4 members (excludes halogenated alkanes) is 27. The number of nitrogens with one attached hydrogen (secondary N) is 3. The van der Waals surface area contributed by atoms with Crippen LogP contribution in [0.1, 0.15) is 255 Å². The highest BCUT2D eigenvalue weighted by atomic mass is 16.3. The second-order valence-electron chi connectivity index (χ2n) is 23.6. The van der Waals surface area contributed by atoms with Gasteiger partial charge in [0.05, 0.1) is 0 Å². The largest absolute Gasteiger partial charge is 0.387 e. The molecular weight excluding hydrogens is 999 g/mol. The van der Waals surface area contributed by atoms with Crippen LogP contribution in [-0.2, 0) is 28.8 Å². The van der Waals surface area contributed by atoms with E-state index in [0.29, 0.717) is 39.3 Å². The van der Waals surface area contributed by atoms with E-state index in [1.807, 2.05) is 46.4 Å². The summed E-state index contributed by atoms with van der Waals surface area (Å²) >= 11 is 0. The number of rotatable bonds is 54. The van der Waals surface area contributed by atoms with Crippen LogP contribution in [-0.4, -0.2) is 167 Å². The fraction of sp³-hybridized carbons (Fsp3) is 0.905. The number of hydrogen-bond donors (Lipinski definition) is 6. The van der Waals surface area contributed by atoms with Crippen molar-refractivity contribution in [3.63, 3.8) is 0 Å². The van der Waals surface area contributed by atoms with E-state index in [9.17, 15) is 44.1 Å².